The van der Waals surface area contributed by atoms with Crippen molar-refractivity contribution in [1.29, 1.82) is 0 Å². The third-order valence-electron chi connectivity index (χ3n) is 3.66. The molecule has 1 N–H and O–H groups in total. The molecule has 2 rings (SSSR count). The predicted octanol–water partition coefficient (Wildman–Crippen LogP) is 1.52. The fourth-order valence-corrected chi connectivity index (χ4v) is 2.54. The lowest BCUT2D eigenvalue weighted by Crippen LogP contribution is -2.27. The largest absolute Gasteiger partial charge is 0.387 e. The SMILES string of the molecule is CC(O)c1ccc(N(C)CC2CCN(C)C2)cn1. The van der Waals surface area contributed by atoms with Gasteiger partial charge in [-0.05, 0) is 45.0 Å². The number of anilines is 1. The predicted molar refractivity (Wildman–Crippen MR) is 73.7 cm³/mol. The van der Waals surface area contributed by atoms with Gasteiger partial charge in [0.1, 0.15) is 0 Å². The van der Waals surface area contributed by atoms with Crippen LogP contribution in [0.15, 0.2) is 18.3 Å². The summed E-state index contributed by atoms with van der Waals surface area (Å²) in [5.74, 6) is 0.747. The molecule has 1 aromatic heterocycles. The number of aliphatic hydroxyl groups excluding tert-OH is 1. The molecule has 0 aromatic carbocycles. The highest BCUT2D eigenvalue weighted by atomic mass is 16.3. The molecule has 2 unspecified atom stereocenters. The van der Waals surface area contributed by atoms with E-state index in [0.717, 1.165) is 23.8 Å². The highest BCUT2D eigenvalue weighted by molar-refractivity contribution is 5.43. The lowest BCUT2D eigenvalue weighted by atomic mass is 10.1. The molecule has 4 nitrogen and oxygen atoms in total. The molecule has 1 aliphatic heterocycles. The zero-order valence-corrected chi connectivity index (χ0v) is 11.5. The van der Waals surface area contributed by atoms with Gasteiger partial charge in [-0.2, -0.15) is 0 Å². The summed E-state index contributed by atoms with van der Waals surface area (Å²) in [7, 11) is 4.29. The van der Waals surface area contributed by atoms with Crippen molar-refractivity contribution in [2.45, 2.75) is 19.4 Å². The Morgan fingerprint density at radius 3 is 2.83 bits per heavy atom. The summed E-state index contributed by atoms with van der Waals surface area (Å²) in [4.78, 5) is 8.92. The Labute approximate surface area is 109 Å². The first-order valence-electron chi connectivity index (χ1n) is 6.60. The molecule has 1 fully saturated rings. The average molecular weight is 249 g/mol. The van der Waals surface area contributed by atoms with E-state index in [2.05, 4.69) is 28.9 Å². The summed E-state index contributed by atoms with van der Waals surface area (Å²) in [6, 6.07) is 3.94. The number of likely N-dealkylation sites (tertiary alicyclic amines) is 1. The Morgan fingerprint density at radius 2 is 2.33 bits per heavy atom. The number of aliphatic hydroxyl groups is 1. The summed E-state index contributed by atoms with van der Waals surface area (Å²) in [5, 5.41) is 9.43. The lowest BCUT2D eigenvalue weighted by molar-refractivity contribution is 0.194. The fourth-order valence-electron chi connectivity index (χ4n) is 2.54. The zero-order chi connectivity index (χ0) is 13.1. The van der Waals surface area contributed by atoms with Crippen molar-refractivity contribution in [2.24, 2.45) is 5.92 Å². The lowest BCUT2D eigenvalue weighted by Gasteiger charge is -2.23. The maximum absolute atomic E-state index is 9.43. The van der Waals surface area contributed by atoms with Gasteiger partial charge in [0, 0.05) is 20.1 Å². The Hall–Kier alpha value is -1.13. The molecule has 4 heteroatoms. The minimum atomic E-state index is -0.493. The van der Waals surface area contributed by atoms with Gasteiger partial charge in [-0.25, -0.2) is 0 Å². The van der Waals surface area contributed by atoms with Gasteiger partial charge < -0.3 is 14.9 Å². The van der Waals surface area contributed by atoms with Gasteiger partial charge in [0.2, 0.25) is 0 Å². The van der Waals surface area contributed by atoms with Crippen molar-refractivity contribution in [3.8, 4) is 0 Å². The van der Waals surface area contributed by atoms with Crippen LogP contribution in [-0.2, 0) is 0 Å². The highest BCUT2D eigenvalue weighted by Gasteiger charge is 2.20. The highest BCUT2D eigenvalue weighted by Crippen LogP contribution is 2.20. The van der Waals surface area contributed by atoms with Crippen LogP contribution in [0, 0.1) is 5.92 Å². The first kappa shape index (κ1) is 13.3. The second kappa shape index (κ2) is 5.67. The molecule has 1 aliphatic rings. The number of hydrogen-bond donors (Lipinski definition) is 1. The van der Waals surface area contributed by atoms with Crippen molar-refractivity contribution < 1.29 is 5.11 Å². The van der Waals surface area contributed by atoms with Gasteiger partial charge in [0.15, 0.2) is 0 Å². The van der Waals surface area contributed by atoms with Crippen LogP contribution in [0.4, 0.5) is 5.69 Å². The summed E-state index contributed by atoms with van der Waals surface area (Å²) in [6.07, 6.45) is 2.63. The topological polar surface area (TPSA) is 39.6 Å². The van der Waals surface area contributed by atoms with Crippen LogP contribution >= 0.6 is 0 Å². The quantitative estimate of drug-likeness (QED) is 0.878. The van der Waals surface area contributed by atoms with Gasteiger partial charge >= 0.3 is 0 Å². The molecule has 0 aliphatic carbocycles. The standard InChI is InChI=1S/C14H23N3O/c1-11(18)14-5-4-13(8-15-14)17(3)10-12-6-7-16(2)9-12/h4-5,8,11-12,18H,6-7,9-10H2,1-3H3. The van der Waals surface area contributed by atoms with E-state index in [-0.39, 0.29) is 0 Å². The van der Waals surface area contributed by atoms with Gasteiger partial charge in [-0.3, -0.25) is 4.98 Å². The number of hydrogen-bond acceptors (Lipinski definition) is 4. The molecule has 0 bridgehead atoms. The zero-order valence-electron chi connectivity index (χ0n) is 11.5. The minimum Gasteiger partial charge on any atom is -0.387 e. The Kier molecular flexibility index (Phi) is 4.19. The molecule has 2 heterocycles. The van der Waals surface area contributed by atoms with E-state index in [1.54, 1.807) is 6.92 Å². The Bertz CT molecular complexity index is 377. The van der Waals surface area contributed by atoms with Crippen molar-refractivity contribution in [3.05, 3.63) is 24.0 Å². The smallest absolute Gasteiger partial charge is 0.0931 e. The molecule has 0 saturated carbocycles. The first-order valence-corrected chi connectivity index (χ1v) is 6.60. The number of aromatic nitrogens is 1. The maximum Gasteiger partial charge on any atom is 0.0931 e. The Morgan fingerprint density at radius 1 is 1.56 bits per heavy atom. The van der Waals surface area contributed by atoms with Crippen LogP contribution in [0.3, 0.4) is 0 Å². The minimum absolute atomic E-state index is 0.493. The van der Waals surface area contributed by atoms with E-state index in [0.29, 0.717) is 0 Å². The van der Waals surface area contributed by atoms with Gasteiger partial charge in [0.05, 0.1) is 23.7 Å². The van der Waals surface area contributed by atoms with Crippen molar-refractivity contribution in [1.82, 2.24) is 9.88 Å². The van der Waals surface area contributed by atoms with E-state index in [1.165, 1.54) is 19.5 Å². The number of pyridine rings is 1. The molecule has 1 saturated heterocycles. The van der Waals surface area contributed by atoms with Crippen molar-refractivity contribution in [3.63, 3.8) is 0 Å². The van der Waals surface area contributed by atoms with E-state index in [1.807, 2.05) is 18.3 Å². The van der Waals surface area contributed by atoms with Crippen molar-refractivity contribution in [2.75, 3.05) is 38.6 Å². The molecule has 0 amide bonds. The summed E-state index contributed by atoms with van der Waals surface area (Å²) < 4.78 is 0. The molecule has 100 valence electrons. The third kappa shape index (κ3) is 3.21. The van der Waals surface area contributed by atoms with Crippen LogP contribution in [0.5, 0.6) is 0 Å². The van der Waals surface area contributed by atoms with E-state index < -0.39 is 6.10 Å². The molecular weight excluding hydrogens is 226 g/mol. The number of rotatable bonds is 4. The number of nitrogens with zero attached hydrogens (tertiary/aromatic N) is 3. The fraction of sp³-hybridized carbons (Fsp3) is 0.643. The normalized spacial score (nSPS) is 22.1. The second-order valence-corrected chi connectivity index (χ2v) is 5.41. The van der Waals surface area contributed by atoms with Gasteiger partial charge in [-0.15, -0.1) is 0 Å². The van der Waals surface area contributed by atoms with Crippen LogP contribution in [0.25, 0.3) is 0 Å². The van der Waals surface area contributed by atoms with Gasteiger partial charge in [-0.1, -0.05) is 0 Å². The maximum atomic E-state index is 9.43. The summed E-state index contributed by atoms with van der Waals surface area (Å²) >= 11 is 0. The molecular formula is C14H23N3O. The van der Waals surface area contributed by atoms with E-state index in [9.17, 15) is 5.11 Å². The second-order valence-electron chi connectivity index (χ2n) is 5.41. The summed E-state index contributed by atoms with van der Waals surface area (Å²) in [5.41, 5.74) is 1.85. The first-order chi connectivity index (χ1) is 8.56. The molecule has 0 spiro atoms. The molecule has 18 heavy (non-hydrogen) atoms. The molecule has 0 radical (unpaired) electrons. The Balaban J connectivity index is 1.94. The third-order valence-corrected chi connectivity index (χ3v) is 3.66. The molecule has 2 atom stereocenters. The van der Waals surface area contributed by atoms with E-state index >= 15 is 0 Å². The van der Waals surface area contributed by atoms with Gasteiger partial charge in [0.25, 0.3) is 0 Å². The average Bonchev–Trinajstić information content (AvgIpc) is 2.75. The van der Waals surface area contributed by atoms with Crippen molar-refractivity contribution >= 4 is 5.69 Å². The van der Waals surface area contributed by atoms with Crippen LogP contribution in [0.1, 0.15) is 25.1 Å². The molecule has 1 aromatic rings. The van der Waals surface area contributed by atoms with Crippen LogP contribution in [-0.4, -0.2) is 48.7 Å². The summed E-state index contributed by atoms with van der Waals surface area (Å²) in [6.45, 7) is 5.20. The van der Waals surface area contributed by atoms with E-state index in [4.69, 9.17) is 0 Å². The van der Waals surface area contributed by atoms with Crippen LogP contribution < -0.4 is 4.90 Å². The monoisotopic (exact) mass is 249 g/mol. The van der Waals surface area contributed by atoms with Crippen LogP contribution in [0.2, 0.25) is 0 Å².